The zero-order valence-electron chi connectivity index (χ0n) is 7.98. The number of nitrogens with one attached hydrogen (secondary N) is 1. The van der Waals surface area contributed by atoms with Crippen LogP contribution < -0.4 is 5.32 Å². The molecule has 0 aromatic carbocycles. The highest BCUT2D eigenvalue weighted by Crippen LogP contribution is 2.31. The average molecular weight is 190 g/mol. The molecule has 0 saturated heterocycles. The molecule has 1 nitrogen and oxygen atoms in total. The molecule has 0 radical (unpaired) electrons. The van der Waals surface area contributed by atoms with Gasteiger partial charge in [-0.15, -0.1) is 11.6 Å². The van der Waals surface area contributed by atoms with Crippen molar-refractivity contribution in [2.75, 3.05) is 13.1 Å². The van der Waals surface area contributed by atoms with E-state index in [-0.39, 0.29) is 0 Å². The summed E-state index contributed by atoms with van der Waals surface area (Å²) in [6.45, 7) is 4.43. The monoisotopic (exact) mass is 189 g/mol. The van der Waals surface area contributed by atoms with Crippen molar-refractivity contribution in [1.82, 2.24) is 5.32 Å². The molecule has 0 aliphatic heterocycles. The summed E-state index contributed by atoms with van der Waals surface area (Å²) in [5.74, 6) is 1.05. The van der Waals surface area contributed by atoms with Crippen molar-refractivity contribution in [1.29, 1.82) is 0 Å². The molecule has 1 saturated carbocycles. The molecule has 0 heterocycles. The van der Waals surface area contributed by atoms with Gasteiger partial charge in [0.1, 0.15) is 0 Å². The van der Waals surface area contributed by atoms with Gasteiger partial charge in [0.25, 0.3) is 0 Å². The highest BCUT2D eigenvalue weighted by Gasteiger charge is 2.19. The molecule has 0 amide bonds. The topological polar surface area (TPSA) is 12.0 Å². The van der Waals surface area contributed by atoms with E-state index in [9.17, 15) is 0 Å². The molecule has 1 aliphatic rings. The Kier molecular flexibility index (Phi) is 5.01. The van der Waals surface area contributed by atoms with Crippen LogP contribution in [0.5, 0.6) is 0 Å². The van der Waals surface area contributed by atoms with Crippen LogP contribution in [-0.2, 0) is 0 Å². The molecule has 2 heteroatoms. The summed E-state index contributed by atoms with van der Waals surface area (Å²) in [7, 11) is 0. The summed E-state index contributed by atoms with van der Waals surface area (Å²) in [4.78, 5) is 0. The number of hydrogen-bond acceptors (Lipinski definition) is 1. The van der Waals surface area contributed by atoms with Crippen molar-refractivity contribution in [3.8, 4) is 0 Å². The summed E-state index contributed by atoms with van der Waals surface area (Å²) in [5.41, 5.74) is 0. The lowest BCUT2D eigenvalue weighted by Crippen LogP contribution is -2.19. The van der Waals surface area contributed by atoms with Crippen LogP contribution in [0.25, 0.3) is 0 Å². The van der Waals surface area contributed by atoms with E-state index in [1.165, 1.54) is 25.8 Å². The smallest absolute Gasteiger partial charge is 0.0345 e. The first kappa shape index (κ1) is 10.3. The minimum atomic E-state index is 0.374. The lowest BCUT2D eigenvalue weighted by molar-refractivity contribution is 0.582. The van der Waals surface area contributed by atoms with E-state index in [2.05, 4.69) is 12.2 Å². The van der Waals surface area contributed by atoms with Crippen molar-refractivity contribution in [3.05, 3.63) is 0 Å². The van der Waals surface area contributed by atoms with Gasteiger partial charge in [0.15, 0.2) is 0 Å². The molecule has 0 aromatic rings. The van der Waals surface area contributed by atoms with E-state index in [4.69, 9.17) is 11.6 Å². The van der Waals surface area contributed by atoms with Crippen LogP contribution >= 0.6 is 11.6 Å². The third kappa shape index (κ3) is 5.00. The molecule has 0 aromatic heterocycles. The first-order chi connectivity index (χ1) is 5.83. The van der Waals surface area contributed by atoms with Crippen LogP contribution in [0.15, 0.2) is 0 Å². The SMILES string of the molecule is CCC(Cl)CCNCCC1CC1. The van der Waals surface area contributed by atoms with Gasteiger partial charge in [0.2, 0.25) is 0 Å². The zero-order valence-corrected chi connectivity index (χ0v) is 8.74. The first-order valence-corrected chi connectivity index (χ1v) is 5.61. The fraction of sp³-hybridized carbons (Fsp3) is 1.00. The minimum absolute atomic E-state index is 0.374. The van der Waals surface area contributed by atoms with Gasteiger partial charge in [0, 0.05) is 5.38 Å². The fourth-order valence-corrected chi connectivity index (χ4v) is 1.41. The van der Waals surface area contributed by atoms with Crippen LogP contribution in [0.4, 0.5) is 0 Å². The van der Waals surface area contributed by atoms with Gasteiger partial charge in [0.05, 0.1) is 0 Å². The van der Waals surface area contributed by atoms with Crippen LogP contribution in [0.1, 0.15) is 39.0 Å². The van der Waals surface area contributed by atoms with Crippen molar-refractivity contribution in [2.45, 2.75) is 44.4 Å². The molecule has 12 heavy (non-hydrogen) atoms. The van der Waals surface area contributed by atoms with Gasteiger partial charge in [-0.05, 0) is 38.3 Å². The van der Waals surface area contributed by atoms with Crippen LogP contribution in [-0.4, -0.2) is 18.5 Å². The molecule has 1 aliphatic carbocycles. The molecule has 1 unspecified atom stereocenters. The predicted molar refractivity (Wildman–Crippen MR) is 54.8 cm³/mol. The summed E-state index contributed by atoms with van der Waals surface area (Å²) in [6, 6.07) is 0. The Morgan fingerprint density at radius 3 is 2.75 bits per heavy atom. The maximum atomic E-state index is 5.98. The maximum Gasteiger partial charge on any atom is 0.0345 e. The number of alkyl halides is 1. The van der Waals surface area contributed by atoms with Crippen molar-refractivity contribution < 1.29 is 0 Å². The number of hydrogen-bond donors (Lipinski definition) is 1. The molecular formula is C10H20ClN. The van der Waals surface area contributed by atoms with Gasteiger partial charge in [-0.25, -0.2) is 0 Å². The second-order valence-corrected chi connectivity index (χ2v) is 4.39. The molecular weight excluding hydrogens is 170 g/mol. The van der Waals surface area contributed by atoms with Crippen molar-refractivity contribution in [3.63, 3.8) is 0 Å². The second-order valence-electron chi connectivity index (χ2n) is 3.78. The molecule has 72 valence electrons. The molecule has 0 spiro atoms. The molecule has 0 bridgehead atoms. The standard InChI is InChI=1S/C10H20ClN/c1-2-10(11)6-8-12-7-5-9-3-4-9/h9-10,12H,2-8H2,1H3. The minimum Gasteiger partial charge on any atom is -0.317 e. The number of rotatable bonds is 7. The van der Waals surface area contributed by atoms with E-state index in [1.54, 1.807) is 0 Å². The Morgan fingerprint density at radius 1 is 1.42 bits per heavy atom. The van der Waals surface area contributed by atoms with Gasteiger partial charge in [-0.3, -0.25) is 0 Å². The van der Waals surface area contributed by atoms with E-state index in [0.717, 1.165) is 25.3 Å². The van der Waals surface area contributed by atoms with E-state index >= 15 is 0 Å². The zero-order chi connectivity index (χ0) is 8.81. The average Bonchev–Trinajstić information content (AvgIpc) is 2.87. The van der Waals surface area contributed by atoms with Gasteiger partial charge in [-0.2, -0.15) is 0 Å². The molecule has 1 N–H and O–H groups in total. The lowest BCUT2D eigenvalue weighted by Gasteiger charge is -2.06. The van der Waals surface area contributed by atoms with Gasteiger partial charge >= 0.3 is 0 Å². The molecule has 1 atom stereocenters. The van der Waals surface area contributed by atoms with Crippen LogP contribution in [0, 0.1) is 5.92 Å². The summed E-state index contributed by atoms with van der Waals surface area (Å²) >= 11 is 5.98. The highest BCUT2D eigenvalue weighted by atomic mass is 35.5. The summed E-state index contributed by atoms with van der Waals surface area (Å²) in [6.07, 6.45) is 6.51. The Bertz CT molecular complexity index is 112. The van der Waals surface area contributed by atoms with E-state index in [0.29, 0.717) is 5.38 Å². The van der Waals surface area contributed by atoms with Crippen molar-refractivity contribution >= 4 is 11.6 Å². The molecule has 1 fully saturated rings. The Balaban J connectivity index is 1.75. The number of halogens is 1. The third-order valence-electron chi connectivity index (χ3n) is 2.50. The van der Waals surface area contributed by atoms with Gasteiger partial charge in [-0.1, -0.05) is 19.8 Å². The predicted octanol–water partition coefficient (Wildman–Crippen LogP) is 2.78. The van der Waals surface area contributed by atoms with E-state index in [1.807, 2.05) is 0 Å². The maximum absolute atomic E-state index is 5.98. The highest BCUT2D eigenvalue weighted by molar-refractivity contribution is 6.20. The first-order valence-electron chi connectivity index (χ1n) is 5.17. The normalized spacial score (nSPS) is 19.5. The van der Waals surface area contributed by atoms with Crippen LogP contribution in [0.2, 0.25) is 0 Å². The van der Waals surface area contributed by atoms with Crippen molar-refractivity contribution in [2.24, 2.45) is 5.92 Å². The lowest BCUT2D eigenvalue weighted by atomic mass is 10.2. The van der Waals surface area contributed by atoms with Gasteiger partial charge < -0.3 is 5.32 Å². The quantitative estimate of drug-likeness (QED) is 0.480. The van der Waals surface area contributed by atoms with E-state index < -0.39 is 0 Å². The fourth-order valence-electron chi connectivity index (χ4n) is 1.30. The Hall–Kier alpha value is 0.250. The summed E-state index contributed by atoms with van der Waals surface area (Å²) in [5, 5.41) is 3.81. The second kappa shape index (κ2) is 5.82. The van der Waals surface area contributed by atoms with Crippen LogP contribution in [0.3, 0.4) is 0 Å². The Morgan fingerprint density at radius 2 is 2.17 bits per heavy atom. The third-order valence-corrected chi connectivity index (χ3v) is 3.03. The molecule has 1 rings (SSSR count). The Labute approximate surface area is 80.9 Å². The largest absolute Gasteiger partial charge is 0.317 e. The summed E-state index contributed by atoms with van der Waals surface area (Å²) < 4.78 is 0.